The maximum atomic E-state index is 12.2. The van der Waals surface area contributed by atoms with Gasteiger partial charge >= 0.3 is 5.69 Å². The van der Waals surface area contributed by atoms with Crippen molar-refractivity contribution >= 4 is 32.0 Å². The number of hydrogen-bond acceptors (Lipinski definition) is 8. The summed E-state index contributed by atoms with van der Waals surface area (Å²) in [6.45, 7) is 1.43. The Morgan fingerprint density at radius 2 is 2.30 bits per heavy atom. The first-order valence-electron chi connectivity index (χ1n) is 5.79. The Morgan fingerprint density at radius 3 is 2.75 bits per heavy atom. The third kappa shape index (κ3) is 3.07. The number of hydrazine groups is 1. The number of nitrogens with two attached hydrogens (primary N) is 1. The van der Waals surface area contributed by atoms with Gasteiger partial charge in [0, 0.05) is 18.7 Å². The zero-order valence-corrected chi connectivity index (χ0v) is 12.3. The highest BCUT2D eigenvalue weighted by Crippen LogP contribution is 2.36. The second-order valence-electron chi connectivity index (χ2n) is 4.55. The fraction of sp³-hybridized carbons (Fsp3) is 0.556. The van der Waals surface area contributed by atoms with E-state index in [0.29, 0.717) is 13.0 Å². The van der Waals surface area contributed by atoms with E-state index in [4.69, 9.17) is 5.84 Å². The monoisotopic (exact) mass is 321 g/mol. The Hall–Kier alpha value is -1.27. The lowest BCUT2D eigenvalue weighted by Crippen LogP contribution is -2.36. The summed E-state index contributed by atoms with van der Waals surface area (Å²) in [5.41, 5.74) is 1.80. The molecule has 0 spiro atoms. The summed E-state index contributed by atoms with van der Waals surface area (Å²) in [6, 6.07) is 0.835. The van der Waals surface area contributed by atoms with E-state index in [1.807, 2.05) is 11.9 Å². The van der Waals surface area contributed by atoms with Crippen molar-refractivity contribution in [1.82, 2.24) is 9.62 Å². The predicted octanol–water partition coefficient (Wildman–Crippen LogP) is -0.0757. The molecule has 2 heterocycles. The van der Waals surface area contributed by atoms with Crippen molar-refractivity contribution in [2.24, 2.45) is 5.84 Å². The lowest BCUT2D eigenvalue weighted by Gasteiger charge is -2.11. The molecule has 0 bridgehead atoms. The van der Waals surface area contributed by atoms with E-state index < -0.39 is 14.9 Å². The number of rotatable bonds is 5. The van der Waals surface area contributed by atoms with Crippen LogP contribution in [0, 0.1) is 10.1 Å². The smallest absolute Gasteiger partial charge is 0.306 e. The number of nitrogen functional groups attached to an aromatic ring is 1. The molecule has 0 amide bonds. The maximum Gasteiger partial charge on any atom is 0.306 e. The number of anilines is 1. The molecule has 1 aromatic rings. The third-order valence-corrected chi connectivity index (χ3v) is 6.05. The van der Waals surface area contributed by atoms with Crippen LogP contribution in [0.5, 0.6) is 0 Å². The summed E-state index contributed by atoms with van der Waals surface area (Å²) < 4.78 is 26.8. The topological polar surface area (TPSA) is 131 Å². The summed E-state index contributed by atoms with van der Waals surface area (Å²) in [6.07, 6.45) is 0.713. The molecule has 4 N–H and O–H groups in total. The normalized spacial score (nSPS) is 20.2. The first-order chi connectivity index (χ1) is 9.33. The van der Waals surface area contributed by atoms with Crippen molar-refractivity contribution in [3.8, 4) is 0 Å². The van der Waals surface area contributed by atoms with Crippen molar-refractivity contribution in [3.05, 3.63) is 16.2 Å². The zero-order chi connectivity index (χ0) is 14.9. The molecule has 11 heteroatoms. The molecule has 1 atom stereocenters. The molecule has 112 valence electrons. The lowest BCUT2D eigenvalue weighted by molar-refractivity contribution is -0.383. The quantitative estimate of drug-likeness (QED) is 0.393. The van der Waals surface area contributed by atoms with Crippen molar-refractivity contribution in [2.75, 3.05) is 25.6 Å². The highest BCUT2D eigenvalue weighted by atomic mass is 32.2. The first-order valence-corrected chi connectivity index (χ1v) is 8.09. The molecule has 1 aliphatic rings. The summed E-state index contributed by atoms with van der Waals surface area (Å²) in [7, 11) is -1.87. The van der Waals surface area contributed by atoms with E-state index in [1.165, 1.54) is 0 Å². The van der Waals surface area contributed by atoms with Crippen LogP contribution in [0.1, 0.15) is 6.42 Å². The van der Waals surface area contributed by atoms with Gasteiger partial charge in [-0.15, -0.1) is 0 Å². The van der Waals surface area contributed by atoms with Gasteiger partial charge in [-0.05, 0) is 20.0 Å². The van der Waals surface area contributed by atoms with E-state index in [9.17, 15) is 18.5 Å². The van der Waals surface area contributed by atoms with Crippen LogP contribution in [-0.2, 0) is 10.0 Å². The maximum absolute atomic E-state index is 12.2. The number of hydrogen-bond donors (Lipinski definition) is 3. The molecule has 20 heavy (non-hydrogen) atoms. The fourth-order valence-electron chi connectivity index (χ4n) is 2.04. The fourth-order valence-corrected chi connectivity index (χ4v) is 4.56. The highest BCUT2D eigenvalue weighted by Gasteiger charge is 2.29. The Morgan fingerprint density at radius 1 is 1.60 bits per heavy atom. The minimum absolute atomic E-state index is 0.0129. The number of nitro groups is 1. The van der Waals surface area contributed by atoms with Crippen LogP contribution in [0.4, 0.5) is 10.7 Å². The van der Waals surface area contributed by atoms with Crippen molar-refractivity contribution in [1.29, 1.82) is 0 Å². The molecule has 1 saturated heterocycles. The SMILES string of the molecule is CN1CCC(NS(=O)(=O)c2cc([N+](=O)[O-])c(NN)s2)C1. The number of likely N-dealkylation sites (N-methyl/N-ethyl adjacent to an activating group) is 1. The highest BCUT2D eigenvalue weighted by molar-refractivity contribution is 7.91. The molecule has 2 rings (SSSR count). The molecular formula is C9H15N5O4S2. The lowest BCUT2D eigenvalue weighted by atomic mass is 10.3. The van der Waals surface area contributed by atoms with E-state index in [1.54, 1.807) is 0 Å². The molecule has 0 aromatic carbocycles. The van der Waals surface area contributed by atoms with Crippen molar-refractivity contribution in [2.45, 2.75) is 16.7 Å². The number of sulfonamides is 1. The van der Waals surface area contributed by atoms with Gasteiger partial charge in [-0.3, -0.25) is 10.1 Å². The number of likely N-dealkylation sites (tertiary alicyclic amines) is 1. The summed E-state index contributed by atoms with van der Waals surface area (Å²) in [5, 5.41) is 10.8. The molecule has 0 radical (unpaired) electrons. The summed E-state index contributed by atoms with van der Waals surface area (Å²) in [5.74, 6) is 5.16. The van der Waals surface area contributed by atoms with Gasteiger partial charge < -0.3 is 10.3 Å². The second-order valence-corrected chi connectivity index (χ2v) is 7.54. The van der Waals surface area contributed by atoms with Gasteiger partial charge in [-0.25, -0.2) is 19.0 Å². The standard InChI is InChI=1S/C9H15N5O4S2/c1-13-3-2-6(5-13)12-20(17,18)8-4-7(14(15)16)9(11-10)19-8/h4,6,11-12H,2-3,5,10H2,1H3. The van der Waals surface area contributed by atoms with E-state index >= 15 is 0 Å². The molecule has 9 nitrogen and oxygen atoms in total. The molecule has 1 fully saturated rings. The Bertz CT molecular complexity index is 614. The van der Waals surface area contributed by atoms with E-state index in [2.05, 4.69) is 10.1 Å². The van der Waals surface area contributed by atoms with Gasteiger partial charge in [0.1, 0.15) is 4.21 Å². The van der Waals surface area contributed by atoms with E-state index in [0.717, 1.165) is 23.9 Å². The van der Waals surface area contributed by atoms with Gasteiger partial charge in [0.05, 0.1) is 4.92 Å². The van der Waals surface area contributed by atoms with Crippen LogP contribution in [0.3, 0.4) is 0 Å². The number of nitrogens with one attached hydrogen (secondary N) is 2. The molecule has 1 aliphatic heterocycles. The predicted molar refractivity (Wildman–Crippen MR) is 75.0 cm³/mol. The Kier molecular flexibility index (Phi) is 4.25. The van der Waals surface area contributed by atoms with Crippen LogP contribution in [0.15, 0.2) is 10.3 Å². The number of thiophene rings is 1. The molecule has 1 unspecified atom stereocenters. The van der Waals surface area contributed by atoms with Gasteiger partial charge in [-0.1, -0.05) is 11.3 Å². The van der Waals surface area contributed by atoms with Gasteiger partial charge in [0.15, 0.2) is 5.00 Å². The van der Waals surface area contributed by atoms with Gasteiger partial charge in [0.25, 0.3) is 10.0 Å². The van der Waals surface area contributed by atoms with Gasteiger partial charge in [-0.2, -0.15) is 0 Å². The molecule has 0 aliphatic carbocycles. The van der Waals surface area contributed by atoms with Crippen LogP contribution < -0.4 is 16.0 Å². The Labute approximate surface area is 119 Å². The number of nitrogens with zero attached hydrogens (tertiary/aromatic N) is 2. The third-order valence-electron chi connectivity index (χ3n) is 3.00. The molecule has 1 aromatic heterocycles. The average molecular weight is 321 g/mol. The van der Waals surface area contributed by atoms with Crippen molar-refractivity contribution < 1.29 is 13.3 Å². The van der Waals surface area contributed by atoms with Crippen LogP contribution in [0.25, 0.3) is 0 Å². The van der Waals surface area contributed by atoms with Gasteiger partial charge in [0.2, 0.25) is 0 Å². The Balaban J connectivity index is 2.23. The van der Waals surface area contributed by atoms with E-state index in [-0.39, 0.29) is 20.9 Å². The summed E-state index contributed by atoms with van der Waals surface area (Å²) in [4.78, 5) is 12.1. The zero-order valence-electron chi connectivity index (χ0n) is 10.7. The molecule has 0 saturated carbocycles. The first kappa shape index (κ1) is 15.1. The summed E-state index contributed by atoms with van der Waals surface area (Å²) >= 11 is 0.737. The van der Waals surface area contributed by atoms with Crippen LogP contribution in [0.2, 0.25) is 0 Å². The molecular weight excluding hydrogens is 306 g/mol. The van der Waals surface area contributed by atoms with Crippen molar-refractivity contribution in [3.63, 3.8) is 0 Å². The van der Waals surface area contributed by atoms with Crippen LogP contribution >= 0.6 is 11.3 Å². The van der Waals surface area contributed by atoms with Crippen LogP contribution in [-0.4, -0.2) is 44.4 Å². The minimum Gasteiger partial charge on any atom is -0.310 e. The second kappa shape index (κ2) is 5.61. The minimum atomic E-state index is -3.77. The average Bonchev–Trinajstić information content (AvgIpc) is 2.95. The largest absolute Gasteiger partial charge is 0.310 e.